The van der Waals surface area contributed by atoms with Crippen molar-refractivity contribution in [2.45, 2.75) is 37.9 Å². The molecule has 0 bridgehead atoms. The lowest BCUT2D eigenvalue weighted by atomic mass is 9.85. The zero-order chi connectivity index (χ0) is 17.9. The number of urea groups is 1. The number of aromatic nitrogens is 2. The van der Waals surface area contributed by atoms with Crippen molar-refractivity contribution >= 4 is 11.7 Å². The molecule has 0 saturated heterocycles. The highest BCUT2D eigenvalue weighted by Gasteiger charge is 2.42. The molecule has 1 heterocycles. The van der Waals surface area contributed by atoms with E-state index in [0.29, 0.717) is 30.0 Å². The number of halogens is 3. The van der Waals surface area contributed by atoms with Crippen LogP contribution >= 0.6 is 0 Å². The van der Waals surface area contributed by atoms with E-state index in [-0.39, 0.29) is 12.8 Å². The Kier molecular flexibility index (Phi) is 4.91. The first-order valence-corrected chi connectivity index (χ1v) is 7.92. The van der Waals surface area contributed by atoms with Crippen LogP contribution in [0.4, 0.5) is 23.7 Å². The molecule has 1 aromatic carbocycles. The van der Waals surface area contributed by atoms with Crippen molar-refractivity contribution < 1.29 is 22.4 Å². The van der Waals surface area contributed by atoms with Gasteiger partial charge in [-0.15, -0.1) is 10.2 Å². The first kappa shape index (κ1) is 17.2. The van der Waals surface area contributed by atoms with Crippen molar-refractivity contribution in [3.8, 4) is 11.5 Å². The standard InChI is InChI=1S/C16H17F3N4O2/c17-16(18,19)11-4-2-6-13(8-11)22-15(24)21-12-5-1-3-10(7-12)14-23-20-9-25-14/h1,3,5,7,9,11,13H,2,4,6,8H2,(H2,21,22,24)/t11-,13+/m1/s1. The number of rotatable bonds is 3. The Morgan fingerprint density at radius 2 is 2.12 bits per heavy atom. The third kappa shape index (κ3) is 4.49. The highest BCUT2D eigenvalue weighted by molar-refractivity contribution is 5.90. The predicted octanol–water partition coefficient (Wildman–Crippen LogP) is 3.98. The average Bonchev–Trinajstić information content (AvgIpc) is 3.09. The van der Waals surface area contributed by atoms with Crippen molar-refractivity contribution in [2.24, 2.45) is 5.92 Å². The lowest BCUT2D eigenvalue weighted by molar-refractivity contribution is -0.183. The number of amides is 2. The van der Waals surface area contributed by atoms with Gasteiger partial charge in [0.05, 0.1) is 5.92 Å². The van der Waals surface area contributed by atoms with Crippen LogP contribution in [0.5, 0.6) is 0 Å². The Labute approximate surface area is 141 Å². The van der Waals surface area contributed by atoms with Crippen molar-refractivity contribution in [2.75, 3.05) is 5.32 Å². The molecule has 1 fully saturated rings. The van der Waals surface area contributed by atoms with Crippen molar-refractivity contribution in [1.29, 1.82) is 0 Å². The number of carbonyl (C=O) groups is 1. The smallest absolute Gasteiger partial charge is 0.391 e. The van der Waals surface area contributed by atoms with Crippen LogP contribution < -0.4 is 10.6 Å². The molecule has 0 aliphatic heterocycles. The van der Waals surface area contributed by atoms with E-state index in [4.69, 9.17) is 4.42 Å². The molecule has 2 N–H and O–H groups in total. The van der Waals surface area contributed by atoms with E-state index >= 15 is 0 Å². The molecule has 0 spiro atoms. The maximum Gasteiger partial charge on any atom is 0.391 e. The Bertz CT molecular complexity index is 718. The summed E-state index contributed by atoms with van der Waals surface area (Å²) in [6.45, 7) is 0. The van der Waals surface area contributed by atoms with Crippen LogP contribution in [-0.2, 0) is 0 Å². The summed E-state index contributed by atoms with van der Waals surface area (Å²) in [4.78, 5) is 12.1. The summed E-state index contributed by atoms with van der Waals surface area (Å²) < 4.78 is 43.6. The summed E-state index contributed by atoms with van der Waals surface area (Å²) >= 11 is 0. The van der Waals surface area contributed by atoms with E-state index in [2.05, 4.69) is 20.8 Å². The lowest BCUT2D eigenvalue weighted by Gasteiger charge is -2.31. The van der Waals surface area contributed by atoms with Gasteiger partial charge in [0.25, 0.3) is 0 Å². The fourth-order valence-corrected chi connectivity index (χ4v) is 3.00. The van der Waals surface area contributed by atoms with Gasteiger partial charge in [0.2, 0.25) is 12.3 Å². The van der Waals surface area contributed by atoms with Gasteiger partial charge in [-0.05, 0) is 37.5 Å². The quantitative estimate of drug-likeness (QED) is 0.874. The second kappa shape index (κ2) is 7.12. The molecule has 1 saturated carbocycles. The molecule has 0 unspecified atom stereocenters. The van der Waals surface area contributed by atoms with Gasteiger partial charge in [0.1, 0.15) is 0 Å². The third-order valence-electron chi connectivity index (χ3n) is 4.20. The van der Waals surface area contributed by atoms with Gasteiger partial charge in [-0.2, -0.15) is 13.2 Å². The molecule has 2 aromatic rings. The first-order valence-electron chi connectivity index (χ1n) is 7.92. The van der Waals surface area contributed by atoms with E-state index in [9.17, 15) is 18.0 Å². The first-order chi connectivity index (χ1) is 11.9. The number of nitrogens with one attached hydrogen (secondary N) is 2. The summed E-state index contributed by atoms with van der Waals surface area (Å²) in [5, 5.41) is 12.6. The minimum absolute atomic E-state index is 0.0844. The fourth-order valence-electron chi connectivity index (χ4n) is 3.00. The zero-order valence-electron chi connectivity index (χ0n) is 13.2. The lowest BCUT2D eigenvalue weighted by Crippen LogP contribution is -2.43. The normalized spacial score (nSPS) is 20.9. The maximum absolute atomic E-state index is 12.8. The Morgan fingerprint density at radius 3 is 2.84 bits per heavy atom. The number of benzene rings is 1. The molecule has 1 aliphatic rings. The molecule has 1 aromatic heterocycles. The van der Waals surface area contributed by atoms with Gasteiger partial charge in [-0.3, -0.25) is 0 Å². The summed E-state index contributed by atoms with van der Waals surface area (Å²) in [7, 11) is 0. The number of nitrogens with zero attached hydrogens (tertiary/aromatic N) is 2. The maximum atomic E-state index is 12.8. The fraction of sp³-hybridized carbons (Fsp3) is 0.438. The predicted molar refractivity (Wildman–Crippen MR) is 83.7 cm³/mol. The Morgan fingerprint density at radius 1 is 1.28 bits per heavy atom. The topological polar surface area (TPSA) is 80.1 Å². The number of hydrogen-bond donors (Lipinski definition) is 2. The number of alkyl halides is 3. The van der Waals surface area contributed by atoms with Crippen LogP contribution in [0.2, 0.25) is 0 Å². The minimum atomic E-state index is -4.21. The second-order valence-corrected chi connectivity index (χ2v) is 6.03. The van der Waals surface area contributed by atoms with E-state index in [1.54, 1.807) is 24.3 Å². The van der Waals surface area contributed by atoms with Crippen molar-refractivity contribution in [3.63, 3.8) is 0 Å². The van der Waals surface area contributed by atoms with Crippen molar-refractivity contribution in [1.82, 2.24) is 15.5 Å². The average molecular weight is 354 g/mol. The van der Waals surface area contributed by atoms with Gasteiger partial charge in [0.15, 0.2) is 0 Å². The van der Waals surface area contributed by atoms with Gasteiger partial charge in [-0.25, -0.2) is 4.79 Å². The molecule has 9 heteroatoms. The van der Waals surface area contributed by atoms with Gasteiger partial charge in [0, 0.05) is 17.3 Å². The highest BCUT2D eigenvalue weighted by Crippen LogP contribution is 2.37. The highest BCUT2D eigenvalue weighted by atomic mass is 19.4. The molecule has 6 nitrogen and oxygen atoms in total. The van der Waals surface area contributed by atoms with Crippen LogP contribution in [0.1, 0.15) is 25.7 Å². The molecular formula is C16H17F3N4O2. The second-order valence-electron chi connectivity index (χ2n) is 6.03. The molecule has 2 atom stereocenters. The largest absolute Gasteiger partial charge is 0.423 e. The molecular weight excluding hydrogens is 337 g/mol. The monoisotopic (exact) mass is 354 g/mol. The number of carbonyl (C=O) groups excluding carboxylic acids is 1. The number of hydrogen-bond acceptors (Lipinski definition) is 4. The minimum Gasteiger partial charge on any atom is -0.423 e. The van der Waals surface area contributed by atoms with E-state index in [1.807, 2.05) is 0 Å². The van der Waals surface area contributed by atoms with Crippen LogP contribution in [0.25, 0.3) is 11.5 Å². The zero-order valence-corrected chi connectivity index (χ0v) is 13.2. The third-order valence-corrected chi connectivity index (χ3v) is 4.20. The molecule has 134 valence electrons. The summed E-state index contributed by atoms with van der Waals surface area (Å²) in [5.41, 5.74) is 1.11. The van der Waals surface area contributed by atoms with Gasteiger partial charge >= 0.3 is 12.2 Å². The molecule has 25 heavy (non-hydrogen) atoms. The summed E-state index contributed by atoms with van der Waals surface area (Å²) in [6.07, 6.45) is -1.99. The summed E-state index contributed by atoms with van der Waals surface area (Å²) in [5.74, 6) is -1.04. The van der Waals surface area contributed by atoms with E-state index < -0.39 is 24.2 Å². The molecule has 0 radical (unpaired) electrons. The SMILES string of the molecule is O=C(Nc1cccc(-c2nnco2)c1)N[C@H]1CCC[C@@H](C(F)(F)F)C1. The van der Waals surface area contributed by atoms with Crippen LogP contribution in [0.15, 0.2) is 35.1 Å². The van der Waals surface area contributed by atoms with Crippen LogP contribution in [0.3, 0.4) is 0 Å². The van der Waals surface area contributed by atoms with E-state index in [1.165, 1.54) is 6.39 Å². The molecule has 2 amide bonds. The molecule has 1 aliphatic carbocycles. The van der Waals surface area contributed by atoms with Crippen molar-refractivity contribution in [3.05, 3.63) is 30.7 Å². The molecule has 3 rings (SSSR count). The van der Waals surface area contributed by atoms with Gasteiger partial charge < -0.3 is 15.1 Å². The summed E-state index contributed by atoms with van der Waals surface area (Å²) in [6, 6.07) is 5.74. The van der Waals surface area contributed by atoms with E-state index in [0.717, 1.165) is 0 Å². The van der Waals surface area contributed by atoms with Gasteiger partial charge in [-0.1, -0.05) is 12.5 Å². The van der Waals surface area contributed by atoms with Crippen LogP contribution in [0, 0.1) is 5.92 Å². The Balaban J connectivity index is 1.58. The number of anilines is 1. The Hall–Kier alpha value is -2.58. The van der Waals surface area contributed by atoms with Crippen LogP contribution in [-0.4, -0.2) is 28.4 Å².